The Balaban J connectivity index is 1.70. The topological polar surface area (TPSA) is 84.5 Å². The Morgan fingerprint density at radius 3 is 2.21 bits per heavy atom. The maximum atomic E-state index is 13.3. The molecule has 0 atom stereocenters. The number of halogens is 1. The fourth-order valence-corrected chi connectivity index (χ4v) is 3.68. The zero-order valence-electron chi connectivity index (χ0n) is 16.2. The highest BCUT2D eigenvalue weighted by Crippen LogP contribution is 2.42. The molecule has 0 unspecified atom stereocenters. The van der Waals surface area contributed by atoms with Crippen LogP contribution in [0.15, 0.2) is 48.5 Å². The first kappa shape index (κ1) is 20.5. The van der Waals surface area contributed by atoms with Crippen LogP contribution in [0.2, 0.25) is 0 Å². The number of carbonyl (C=O) groups excluding carboxylic acids is 3. The number of amides is 2. The van der Waals surface area contributed by atoms with Crippen molar-refractivity contribution in [1.29, 1.82) is 0 Å². The van der Waals surface area contributed by atoms with E-state index in [-0.39, 0.29) is 18.3 Å². The summed E-state index contributed by atoms with van der Waals surface area (Å²) in [6, 6.07) is 12.5. The molecule has 0 spiro atoms. The molecule has 0 bridgehead atoms. The Morgan fingerprint density at radius 1 is 1.00 bits per heavy atom. The van der Waals surface area contributed by atoms with E-state index in [4.69, 9.17) is 0 Å². The third kappa shape index (κ3) is 4.62. The minimum absolute atomic E-state index is 0.135. The number of rotatable bonds is 6. The molecule has 0 aliphatic heterocycles. The van der Waals surface area contributed by atoms with Crippen molar-refractivity contribution >= 4 is 23.5 Å². The van der Waals surface area contributed by atoms with Crippen LogP contribution in [0.25, 0.3) is 0 Å². The first-order chi connectivity index (χ1) is 13.9. The second-order valence-corrected chi connectivity index (χ2v) is 7.09. The van der Waals surface area contributed by atoms with Gasteiger partial charge in [0.15, 0.2) is 0 Å². The second-order valence-electron chi connectivity index (χ2n) is 7.09. The van der Waals surface area contributed by atoms with Crippen LogP contribution in [0.3, 0.4) is 0 Å². The summed E-state index contributed by atoms with van der Waals surface area (Å²) in [5.74, 6) is -1.41. The molecule has 2 aromatic carbocycles. The average Bonchev–Trinajstić information content (AvgIpc) is 3.24. The van der Waals surface area contributed by atoms with E-state index in [1.807, 2.05) is 0 Å². The molecule has 0 radical (unpaired) electrons. The molecule has 2 N–H and O–H groups in total. The van der Waals surface area contributed by atoms with E-state index in [2.05, 4.69) is 15.4 Å². The maximum Gasteiger partial charge on any atom is 0.325 e. The van der Waals surface area contributed by atoms with Gasteiger partial charge in [-0.1, -0.05) is 25.0 Å². The quantitative estimate of drug-likeness (QED) is 0.732. The molecule has 6 nitrogen and oxygen atoms in total. The molecule has 0 aromatic heterocycles. The zero-order chi connectivity index (χ0) is 20.9. The van der Waals surface area contributed by atoms with Gasteiger partial charge in [-0.15, -0.1) is 0 Å². The largest absolute Gasteiger partial charge is 0.468 e. The Labute approximate surface area is 168 Å². The van der Waals surface area contributed by atoms with Crippen molar-refractivity contribution in [3.63, 3.8) is 0 Å². The molecule has 7 heteroatoms. The van der Waals surface area contributed by atoms with Gasteiger partial charge in [-0.2, -0.15) is 0 Å². The molecular formula is C22H23FN2O4. The molecule has 0 heterocycles. The third-order valence-electron chi connectivity index (χ3n) is 5.31. The van der Waals surface area contributed by atoms with Gasteiger partial charge in [-0.3, -0.25) is 14.4 Å². The fourth-order valence-electron chi connectivity index (χ4n) is 3.68. The summed E-state index contributed by atoms with van der Waals surface area (Å²) in [6.45, 7) is -0.214. The van der Waals surface area contributed by atoms with Gasteiger partial charge in [0, 0.05) is 11.3 Å². The molecule has 1 saturated carbocycles. The third-order valence-corrected chi connectivity index (χ3v) is 5.31. The van der Waals surface area contributed by atoms with Gasteiger partial charge < -0.3 is 15.4 Å². The predicted molar refractivity (Wildman–Crippen MR) is 106 cm³/mol. The lowest BCUT2D eigenvalue weighted by Crippen LogP contribution is -2.38. The maximum absolute atomic E-state index is 13.3. The average molecular weight is 398 g/mol. The zero-order valence-corrected chi connectivity index (χ0v) is 16.2. The molecule has 1 aliphatic carbocycles. The highest BCUT2D eigenvalue weighted by atomic mass is 19.1. The van der Waals surface area contributed by atoms with Crippen molar-refractivity contribution in [3.8, 4) is 0 Å². The highest BCUT2D eigenvalue weighted by molar-refractivity contribution is 6.00. The lowest BCUT2D eigenvalue weighted by molar-refractivity contribution is -0.139. The minimum Gasteiger partial charge on any atom is -0.468 e. The molecule has 0 saturated heterocycles. The van der Waals surface area contributed by atoms with Crippen molar-refractivity contribution in [3.05, 3.63) is 65.5 Å². The van der Waals surface area contributed by atoms with Crippen LogP contribution in [-0.2, 0) is 19.7 Å². The van der Waals surface area contributed by atoms with Gasteiger partial charge in [0.2, 0.25) is 5.91 Å². The first-order valence-electron chi connectivity index (χ1n) is 9.47. The van der Waals surface area contributed by atoms with Crippen molar-refractivity contribution in [1.82, 2.24) is 5.32 Å². The molecule has 29 heavy (non-hydrogen) atoms. The van der Waals surface area contributed by atoms with E-state index in [0.29, 0.717) is 24.1 Å². The summed E-state index contributed by atoms with van der Waals surface area (Å²) >= 11 is 0. The molecule has 3 rings (SSSR count). The number of methoxy groups -OCH3 is 1. The van der Waals surface area contributed by atoms with Crippen LogP contribution in [0.4, 0.5) is 10.1 Å². The normalized spacial score (nSPS) is 14.8. The summed E-state index contributed by atoms with van der Waals surface area (Å²) in [5, 5.41) is 5.38. The number of ether oxygens (including phenoxy) is 1. The molecule has 1 aliphatic rings. The number of hydrogen-bond donors (Lipinski definition) is 2. The van der Waals surface area contributed by atoms with Gasteiger partial charge in [-0.25, -0.2) is 4.39 Å². The Kier molecular flexibility index (Phi) is 6.26. The number of esters is 1. The minimum atomic E-state index is -0.676. The SMILES string of the molecule is COC(=O)CNC(=O)c1ccc(NC(=O)C2(c3ccc(F)cc3)CCCC2)cc1. The molecule has 1 fully saturated rings. The lowest BCUT2D eigenvalue weighted by atomic mass is 9.78. The Morgan fingerprint density at radius 2 is 1.62 bits per heavy atom. The monoisotopic (exact) mass is 398 g/mol. The van der Waals surface area contributed by atoms with Gasteiger partial charge in [0.1, 0.15) is 12.4 Å². The van der Waals surface area contributed by atoms with Gasteiger partial charge in [0.25, 0.3) is 5.91 Å². The van der Waals surface area contributed by atoms with Crippen LogP contribution in [0.5, 0.6) is 0 Å². The summed E-state index contributed by atoms with van der Waals surface area (Å²) in [4.78, 5) is 36.3. The van der Waals surface area contributed by atoms with Crippen LogP contribution >= 0.6 is 0 Å². The second kappa shape index (κ2) is 8.86. The molecule has 2 aromatic rings. The van der Waals surface area contributed by atoms with Crippen LogP contribution in [0.1, 0.15) is 41.6 Å². The number of carbonyl (C=O) groups is 3. The predicted octanol–water partition coefficient (Wildman–Crippen LogP) is 3.18. The lowest BCUT2D eigenvalue weighted by Gasteiger charge is -2.28. The number of benzene rings is 2. The number of anilines is 1. The fraction of sp³-hybridized carbons (Fsp3) is 0.318. The Bertz CT molecular complexity index is 888. The van der Waals surface area contributed by atoms with E-state index in [9.17, 15) is 18.8 Å². The molecule has 2 amide bonds. The molecule has 152 valence electrons. The van der Waals surface area contributed by atoms with Crippen LogP contribution in [-0.4, -0.2) is 31.4 Å². The highest BCUT2D eigenvalue weighted by Gasteiger charge is 2.42. The summed E-state index contributed by atoms with van der Waals surface area (Å²) in [6.07, 6.45) is 3.28. The number of nitrogens with one attached hydrogen (secondary N) is 2. The van der Waals surface area contributed by atoms with Crippen molar-refractivity contribution in [2.75, 3.05) is 19.0 Å². The van der Waals surface area contributed by atoms with E-state index in [1.54, 1.807) is 36.4 Å². The number of hydrogen-bond acceptors (Lipinski definition) is 4. The van der Waals surface area contributed by atoms with Gasteiger partial charge in [0.05, 0.1) is 12.5 Å². The van der Waals surface area contributed by atoms with Crippen molar-refractivity contribution < 1.29 is 23.5 Å². The van der Waals surface area contributed by atoms with Gasteiger partial charge in [-0.05, 0) is 54.8 Å². The smallest absolute Gasteiger partial charge is 0.325 e. The standard InChI is InChI=1S/C22H23FN2O4/c1-29-19(26)14-24-20(27)15-4-10-18(11-5-15)25-21(28)22(12-2-3-13-22)16-6-8-17(23)9-7-16/h4-11H,2-3,12-14H2,1H3,(H,24,27)(H,25,28). The summed E-state index contributed by atoms with van der Waals surface area (Å²) in [5.41, 5.74) is 1.06. The summed E-state index contributed by atoms with van der Waals surface area (Å²) in [7, 11) is 1.25. The van der Waals surface area contributed by atoms with Crippen molar-refractivity contribution in [2.24, 2.45) is 0 Å². The van der Waals surface area contributed by atoms with E-state index in [1.165, 1.54) is 19.2 Å². The molecular weight excluding hydrogens is 375 g/mol. The first-order valence-corrected chi connectivity index (χ1v) is 9.47. The summed E-state index contributed by atoms with van der Waals surface area (Å²) < 4.78 is 17.8. The van der Waals surface area contributed by atoms with E-state index >= 15 is 0 Å². The van der Waals surface area contributed by atoms with E-state index < -0.39 is 17.3 Å². The van der Waals surface area contributed by atoms with Crippen molar-refractivity contribution in [2.45, 2.75) is 31.1 Å². The van der Waals surface area contributed by atoms with Crippen LogP contribution < -0.4 is 10.6 Å². The van der Waals surface area contributed by atoms with Crippen LogP contribution in [0, 0.1) is 5.82 Å². The Hall–Kier alpha value is -3.22. The van der Waals surface area contributed by atoms with Gasteiger partial charge >= 0.3 is 5.97 Å². The van der Waals surface area contributed by atoms with E-state index in [0.717, 1.165) is 18.4 Å².